The molecule has 0 saturated carbocycles. The highest BCUT2D eigenvalue weighted by molar-refractivity contribution is 4.95. The molecule has 0 aliphatic heterocycles. The Hall–Kier alpha value is -0.260. The summed E-state index contributed by atoms with van der Waals surface area (Å²) in [4.78, 5) is 0. The molecule has 0 aliphatic rings. The van der Waals surface area contributed by atoms with E-state index >= 15 is 0 Å². The van der Waals surface area contributed by atoms with Crippen molar-refractivity contribution in [3.63, 3.8) is 0 Å². The van der Waals surface area contributed by atoms with Gasteiger partial charge in [-0.2, -0.15) is 0 Å². The second kappa shape index (κ2) is 3.91. The normalized spacial score (nSPS) is 12.1. The van der Waals surface area contributed by atoms with Crippen LogP contribution >= 0.6 is 0 Å². The number of allylic oxidation sites excluding steroid dienone is 2. The van der Waals surface area contributed by atoms with Gasteiger partial charge in [0.25, 0.3) is 0 Å². The van der Waals surface area contributed by atoms with Crippen molar-refractivity contribution in [2.75, 3.05) is 0 Å². The minimum Gasteiger partial charge on any atom is -0.0859 e. The van der Waals surface area contributed by atoms with E-state index in [1.807, 2.05) is 0 Å². The van der Waals surface area contributed by atoms with Gasteiger partial charge in [0.05, 0.1) is 0 Å². The largest absolute Gasteiger partial charge is 0.0859 e. The monoisotopic (exact) mass is 98.1 g/mol. The predicted molar refractivity (Wildman–Crippen MR) is 34.3 cm³/mol. The lowest BCUT2D eigenvalue weighted by molar-refractivity contribution is 1.06. The molecule has 0 aromatic carbocycles. The van der Waals surface area contributed by atoms with Gasteiger partial charge >= 0.3 is 0 Å². The Labute approximate surface area is 46.2 Å². The quantitative estimate of drug-likeness (QED) is 0.466. The van der Waals surface area contributed by atoms with Crippen LogP contribution in [0.1, 0.15) is 33.6 Å². The summed E-state index contributed by atoms with van der Waals surface area (Å²) in [5, 5.41) is 0. The number of hydrogen-bond acceptors (Lipinski definition) is 0. The Morgan fingerprint density at radius 1 is 1.43 bits per heavy atom. The maximum Gasteiger partial charge on any atom is -0.0352 e. The zero-order chi connectivity index (χ0) is 5.70. The van der Waals surface area contributed by atoms with Crippen molar-refractivity contribution >= 4 is 0 Å². The second-order valence-corrected chi connectivity index (χ2v) is 1.81. The molecule has 0 aliphatic carbocycles. The van der Waals surface area contributed by atoms with Crippen LogP contribution < -0.4 is 0 Å². The van der Waals surface area contributed by atoms with Crippen LogP contribution in [0.4, 0.5) is 0 Å². The summed E-state index contributed by atoms with van der Waals surface area (Å²) >= 11 is 0. The molecule has 42 valence electrons. The molecule has 0 bridgehead atoms. The molecular formula is C7H14. The van der Waals surface area contributed by atoms with Crippen molar-refractivity contribution < 1.29 is 0 Å². The van der Waals surface area contributed by atoms with Gasteiger partial charge in [-0.05, 0) is 19.8 Å². The Balaban J connectivity index is 3.29. The van der Waals surface area contributed by atoms with E-state index in [-0.39, 0.29) is 0 Å². The van der Waals surface area contributed by atoms with Crippen LogP contribution in [-0.4, -0.2) is 0 Å². The van der Waals surface area contributed by atoms with Gasteiger partial charge in [-0.1, -0.05) is 25.5 Å². The molecule has 0 spiro atoms. The van der Waals surface area contributed by atoms with Gasteiger partial charge < -0.3 is 0 Å². The molecule has 0 saturated heterocycles. The fourth-order valence-electron chi connectivity index (χ4n) is 0.493. The van der Waals surface area contributed by atoms with E-state index in [4.69, 9.17) is 0 Å². The Bertz CT molecular complexity index is 60.4. The highest BCUT2D eigenvalue weighted by Gasteiger charge is 1.76. The minimum atomic E-state index is 1.18. The smallest absolute Gasteiger partial charge is 0.0352 e. The summed E-state index contributed by atoms with van der Waals surface area (Å²) < 4.78 is 0. The van der Waals surface area contributed by atoms with Crippen molar-refractivity contribution in [2.45, 2.75) is 33.6 Å². The van der Waals surface area contributed by atoms with E-state index in [9.17, 15) is 0 Å². The molecule has 0 amide bonds. The van der Waals surface area contributed by atoms with Crippen molar-refractivity contribution in [3.05, 3.63) is 11.6 Å². The standard InChI is InChI=1S/C7H14/c1-4-6-7(3)5-2/h6H,4-5H2,1-3H3. The molecule has 0 atom stereocenters. The number of rotatable bonds is 2. The molecule has 0 radical (unpaired) electrons. The van der Waals surface area contributed by atoms with Crippen LogP contribution in [0.5, 0.6) is 0 Å². The van der Waals surface area contributed by atoms with E-state index in [1.165, 1.54) is 18.4 Å². The lowest BCUT2D eigenvalue weighted by atomic mass is 10.2. The summed E-state index contributed by atoms with van der Waals surface area (Å²) in [6.07, 6.45) is 4.65. The molecule has 0 heterocycles. The van der Waals surface area contributed by atoms with Crippen LogP contribution in [0.2, 0.25) is 0 Å². The Morgan fingerprint density at radius 3 is 2.14 bits per heavy atom. The predicted octanol–water partition coefficient (Wildman–Crippen LogP) is 2.75. The maximum atomic E-state index is 2.26. The molecule has 0 aromatic rings. The summed E-state index contributed by atoms with van der Waals surface area (Å²) in [5.74, 6) is 0. The van der Waals surface area contributed by atoms with Gasteiger partial charge in [-0.15, -0.1) is 0 Å². The lowest BCUT2D eigenvalue weighted by Crippen LogP contribution is -1.67. The number of hydrogen-bond donors (Lipinski definition) is 0. The summed E-state index contributed by atoms with van der Waals surface area (Å²) in [6, 6.07) is 0. The van der Waals surface area contributed by atoms with Gasteiger partial charge in [-0.25, -0.2) is 0 Å². The summed E-state index contributed by atoms with van der Waals surface area (Å²) in [7, 11) is 0. The van der Waals surface area contributed by atoms with Gasteiger partial charge in [0.1, 0.15) is 0 Å². The van der Waals surface area contributed by atoms with Crippen LogP contribution in [0.3, 0.4) is 0 Å². The third-order valence-electron chi connectivity index (χ3n) is 1.11. The van der Waals surface area contributed by atoms with Crippen LogP contribution in [-0.2, 0) is 0 Å². The van der Waals surface area contributed by atoms with Crippen molar-refractivity contribution in [1.82, 2.24) is 0 Å². The van der Waals surface area contributed by atoms with E-state index < -0.39 is 0 Å². The topological polar surface area (TPSA) is 0 Å². The van der Waals surface area contributed by atoms with E-state index in [0.717, 1.165) is 0 Å². The van der Waals surface area contributed by atoms with Crippen LogP contribution in [0.25, 0.3) is 0 Å². The van der Waals surface area contributed by atoms with Crippen LogP contribution in [0.15, 0.2) is 11.6 Å². The fraction of sp³-hybridized carbons (Fsp3) is 0.714. The van der Waals surface area contributed by atoms with E-state index in [0.29, 0.717) is 0 Å². The molecular weight excluding hydrogens is 84.1 g/mol. The first-order chi connectivity index (χ1) is 3.31. The third kappa shape index (κ3) is 3.57. The first-order valence-electron chi connectivity index (χ1n) is 2.96. The summed E-state index contributed by atoms with van der Waals surface area (Å²) in [6.45, 7) is 6.52. The van der Waals surface area contributed by atoms with Crippen molar-refractivity contribution in [2.24, 2.45) is 0 Å². The average molecular weight is 98.2 g/mol. The zero-order valence-electron chi connectivity index (χ0n) is 5.49. The molecule has 0 rings (SSSR count). The highest BCUT2D eigenvalue weighted by Crippen LogP contribution is 1.97. The molecule has 0 heteroatoms. The first kappa shape index (κ1) is 6.74. The van der Waals surface area contributed by atoms with Gasteiger partial charge in [0.2, 0.25) is 0 Å². The molecule has 0 aromatic heterocycles. The first-order valence-corrected chi connectivity index (χ1v) is 2.96. The second-order valence-electron chi connectivity index (χ2n) is 1.81. The SMILES string of the molecule is CCC=C(C)CC. The molecule has 7 heavy (non-hydrogen) atoms. The Kier molecular flexibility index (Phi) is 3.77. The fourth-order valence-corrected chi connectivity index (χ4v) is 0.493. The van der Waals surface area contributed by atoms with Crippen molar-refractivity contribution in [3.8, 4) is 0 Å². The minimum absolute atomic E-state index is 1.18. The van der Waals surface area contributed by atoms with Gasteiger partial charge in [0.15, 0.2) is 0 Å². The Morgan fingerprint density at radius 2 is 2.00 bits per heavy atom. The van der Waals surface area contributed by atoms with E-state index in [1.54, 1.807) is 0 Å². The van der Waals surface area contributed by atoms with Gasteiger partial charge in [0, 0.05) is 0 Å². The highest BCUT2D eigenvalue weighted by atomic mass is 13.8. The average Bonchev–Trinajstić information content (AvgIpc) is 1.68. The van der Waals surface area contributed by atoms with Crippen LogP contribution in [0, 0.1) is 0 Å². The molecule has 0 nitrogen and oxygen atoms in total. The molecule has 0 N–H and O–H groups in total. The van der Waals surface area contributed by atoms with E-state index in [2.05, 4.69) is 26.8 Å². The van der Waals surface area contributed by atoms with Gasteiger partial charge in [-0.3, -0.25) is 0 Å². The lowest BCUT2D eigenvalue weighted by Gasteiger charge is -1.88. The zero-order valence-corrected chi connectivity index (χ0v) is 5.49. The third-order valence-corrected chi connectivity index (χ3v) is 1.11. The maximum absolute atomic E-state index is 2.26. The summed E-state index contributed by atoms with van der Waals surface area (Å²) in [5.41, 5.74) is 1.50. The molecule has 0 fully saturated rings. The van der Waals surface area contributed by atoms with Crippen molar-refractivity contribution in [1.29, 1.82) is 0 Å². The molecule has 0 unspecified atom stereocenters.